The van der Waals surface area contributed by atoms with Gasteiger partial charge in [-0.05, 0) is 38.5 Å². The Morgan fingerprint density at radius 2 is 2.10 bits per heavy atom. The molecule has 0 bridgehead atoms. The minimum atomic E-state index is 0.0840. The topological polar surface area (TPSA) is 72.3 Å². The first-order valence-electron chi connectivity index (χ1n) is 10.6. The molecule has 2 heterocycles. The molecular weight excluding hydrogens is 378 g/mol. The molecule has 1 amide bonds. The molecular formula is C23H29N5O2. The highest BCUT2D eigenvalue weighted by Gasteiger charge is 2.20. The third-order valence-electron chi connectivity index (χ3n) is 5.40. The monoisotopic (exact) mass is 407 g/mol. The van der Waals surface area contributed by atoms with Crippen LogP contribution in [0.25, 0.3) is 11.0 Å². The van der Waals surface area contributed by atoms with Crippen LogP contribution in [0.15, 0.2) is 42.5 Å². The van der Waals surface area contributed by atoms with Crippen molar-refractivity contribution in [3.05, 3.63) is 53.6 Å². The summed E-state index contributed by atoms with van der Waals surface area (Å²) in [6.07, 6.45) is 1.41. The standard InChI is InChI=1S/C23H29N5O2/c1-17-8-9-22-19(14-17)16-27(15-18(2)30-22)13-10-23(29)24-11-5-12-28-21-7-4-3-6-20(21)25-26-28/h3-4,6-9,14,18H,5,10-13,15-16H2,1-2H3,(H,24,29). The molecule has 4 rings (SSSR count). The molecule has 1 aromatic heterocycles. The lowest BCUT2D eigenvalue weighted by molar-refractivity contribution is -0.121. The number of fused-ring (bicyclic) bond motifs is 2. The fraction of sp³-hybridized carbons (Fsp3) is 0.435. The molecule has 1 aliphatic heterocycles. The van der Waals surface area contributed by atoms with Gasteiger partial charge >= 0.3 is 0 Å². The maximum atomic E-state index is 12.3. The molecule has 0 radical (unpaired) electrons. The van der Waals surface area contributed by atoms with E-state index < -0.39 is 0 Å². The Kier molecular flexibility index (Phi) is 6.28. The molecule has 0 fully saturated rings. The number of ether oxygens (including phenoxy) is 1. The number of rotatable bonds is 7. The van der Waals surface area contributed by atoms with Crippen molar-refractivity contribution in [1.82, 2.24) is 25.2 Å². The molecule has 1 unspecified atom stereocenters. The molecule has 30 heavy (non-hydrogen) atoms. The second-order valence-electron chi connectivity index (χ2n) is 8.03. The van der Waals surface area contributed by atoms with E-state index in [1.165, 1.54) is 11.1 Å². The van der Waals surface area contributed by atoms with Gasteiger partial charge < -0.3 is 10.1 Å². The van der Waals surface area contributed by atoms with Gasteiger partial charge in [-0.25, -0.2) is 4.68 Å². The van der Waals surface area contributed by atoms with E-state index in [9.17, 15) is 4.79 Å². The lowest BCUT2D eigenvalue weighted by Crippen LogP contribution is -2.35. The quantitative estimate of drug-likeness (QED) is 0.610. The van der Waals surface area contributed by atoms with Crippen LogP contribution in [0.1, 0.15) is 30.9 Å². The summed E-state index contributed by atoms with van der Waals surface area (Å²) in [5.41, 5.74) is 4.34. The molecule has 158 valence electrons. The van der Waals surface area contributed by atoms with Gasteiger partial charge in [-0.3, -0.25) is 9.69 Å². The summed E-state index contributed by atoms with van der Waals surface area (Å²) >= 11 is 0. The fourth-order valence-corrected chi connectivity index (χ4v) is 3.93. The first-order valence-corrected chi connectivity index (χ1v) is 10.6. The van der Waals surface area contributed by atoms with E-state index in [0.717, 1.165) is 49.4 Å². The average Bonchev–Trinajstić information content (AvgIpc) is 3.07. The third kappa shape index (κ3) is 4.97. The van der Waals surface area contributed by atoms with Crippen molar-refractivity contribution in [3.8, 4) is 5.75 Å². The number of aromatic nitrogens is 3. The van der Waals surface area contributed by atoms with Crippen LogP contribution in [-0.2, 0) is 17.9 Å². The van der Waals surface area contributed by atoms with Gasteiger partial charge in [-0.15, -0.1) is 5.10 Å². The highest BCUT2D eigenvalue weighted by Crippen LogP contribution is 2.26. The van der Waals surface area contributed by atoms with Crippen molar-refractivity contribution in [3.63, 3.8) is 0 Å². The lowest BCUT2D eigenvalue weighted by Gasteiger charge is -2.21. The third-order valence-corrected chi connectivity index (χ3v) is 5.40. The van der Waals surface area contributed by atoms with Gasteiger partial charge in [-0.2, -0.15) is 0 Å². The molecule has 7 nitrogen and oxygen atoms in total. The van der Waals surface area contributed by atoms with Gasteiger partial charge in [0.1, 0.15) is 17.4 Å². The number of hydrogen-bond acceptors (Lipinski definition) is 5. The minimum Gasteiger partial charge on any atom is -0.489 e. The molecule has 1 aliphatic rings. The molecule has 1 atom stereocenters. The van der Waals surface area contributed by atoms with Crippen molar-refractivity contribution in [2.45, 2.75) is 45.9 Å². The van der Waals surface area contributed by atoms with E-state index in [1.54, 1.807) is 0 Å². The summed E-state index contributed by atoms with van der Waals surface area (Å²) in [4.78, 5) is 14.6. The zero-order chi connectivity index (χ0) is 20.9. The molecule has 0 aliphatic carbocycles. The summed E-state index contributed by atoms with van der Waals surface area (Å²) in [5.74, 6) is 1.04. The molecule has 2 aromatic carbocycles. The zero-order valence-electron chi connectivity index (χ0n) is 17.7. The number of carbonyl (C=O) groups excluding carboxylic acids is 1. The Morgan fingerprint density at radius 1 is 1.23 bits per heavy atom. The predicted octanol–water partition coefficient (Wildman–Crippen LogP) is 2.92. The minimum absolute atomic E-state index is 0.0840. The fourth-order valence-electron chi connectivity index (χ4n) is 3.93. The van der Waals surface area contributed by atoms with Crippen molar-refractivity contribution < 1.29 is 9.53 Å². The molecule has 3 aromatic rings. The van der Waals surface area contributed by atoms with E-state index in [-0.39, 0.29) is 12.0 Å². The highest BCUT2D eigenvalue weighted by molar-refractivity contribution is 5.76. The normalized spacial score (nSPS) is 16.7. The van der Waals surface area contributed by atoms with Crippen LogP contribution >= 0.6 is 0 Å². The molecule has 0 saturated heterocycles. The van der Waals surface area contributed by atoms with E-state index in [1.807, 2.05) is 28.9 Å². The lowest BCUT2D eigenvalue weighted by atomic mass is 10.1. The van der Waals surface area contributed by atoms with Gasteiger partial charge in [0.15, 0.2) is 0 Å². The number of benzene rings is 2. The first-order chi connectivity index (χ1) is 14.6. The van der Waals surface area contributed by atoms with Crippen molar-refractivity contribution in [1.29, 1.82) is 0 Å². The van der Waals surface area contributed by atoms with E-state index in [4.69, 9.17) is 4.74 Å². The van der Waals surface area contributed by atoms with E-state index >= 15 is 0 Å². The number of para-hydroxylation sites is 1. The van der Waals surface area contributed by atoms with Crippen LogP contribution in [0, 0.1) is 6.92 Å². The average molecular weight is 408 g/mol. The SMILES string of the molecule is Cc1ccc2c(c1)CN(CCC(=O)NCCCn1nnc3ccccc31)CC(C)O2. The van der Waals surface area contributed by atoms with Crippen molar-refractivity contribution >= 4 is 16.9 Å². The Bertz CT molecular complexity index is 1020. The van der Waals surface area contributed by atoms with Crippen molar-refractivity contribution in [2.24, 2.45) is 0 Å². The Labute approximate surface area is 177 Å². The maximum Gasteiger partial charge on any atom is 0.221 e. The van der Waals surface area contributed by atoms with Crippen LogP contribution in [-0.4, -0.2) is 51.5 Å². The summed E-state index contributed by atoms with van der Waals surface area (Å²) in [5, 5.41) is 11.4. The summed E-state index contributed by atoms with van der Waals surface area (Å²) in [6, 6.07) is 14.2. The van der Waals surface area contributed by atoms with Crippen molar-refractivity contribution in [2.75, 3.05) is 19.6 Å². The Morgan fingerprint density at radius 3 is 3.00 bits per heavy atom. The van der Waals surface area contributed by atoms with Crippen LogP contribution in [0.5, 0.6) is 5.75 Å². The van der Waals surface area contributed by atoms with Gasteiger partial charge in [0.2, 0.25) is 5.91 Å². The second-order valence-corrected chi connectivity index (χ2v) is 8.03. The molecule has 0 spiro atoms. The van der Waals surface area contributed by atoms with Crippen LogP contribution in [0.4, 0.5) is 0 Å². The van der Waals surface area contributed by atoms with Gasteiger partial charge in [0.05, 0.1) is 5.52 Å². The smallest absolute Gasteiger partial charge is 0.221 e. The molecule has 1 N–H and O–H groups in total. The largest absolute Gasteiger partial charge is 0.489 e. The number of amides is 1. The first kappa shape index (κ1) is 20.3. The number of aryl methyl sites for hydroxylation is 2. The maximum absolute atomic E-state index is 12.3. The number of hydrogen-bond donors (Lipinski definition) is 1. The Balaban J connectivity index is 1.22. The summed E-state index contributed by atoms with van der Waals surface area (Å²) in [7, 11) is 0. The number of carbonyl (C=O) groups is 1. The number of nitrogens with zero attached hydrogens (tertiary/aromatic N) is 4. The molecule has 0 saturated carbocycles. The van der Waals surface area contributed by atoms with Gasteiger partial charge in [0.25, 0.3) is 0 Å². The Hall–Kier alpha value is -2.93. The highest BCUT2D eigenvalue weighted by atomic mass is 16.5. The van der Waals surface area contributed by atoms with Gasteiger partial charge in [0, 0.05) is 44.7 Å². The zero-order valence-corrected chi connectivity index (χ0v) is 17.7. The number of nitrogens with one attached hydrogen (secondary N) is 1. The second kappa shape index (κ2) is 9.26. The van der Waals surface area contributed by atoms with E-state index in [2.05, 4.69) is 52.6 Å². The summed E-state index contributed by atoms with van der Waals surface area (Å²) < 4.78 is 7.93. The predicted molar refractivity (Wildman–Crippen MR) is 116 cm³/mol. The van der Waals surface area contributed by atoms with Crippen LogP contribution < -0.4 is 10.1 Å². The molecule has 7 heteroatoms. The van der Waals surface area contributed by atoms with Crippen LogP contribution in [0.2, 0.25) is 0 Å². The van der Waals surface area contributed by atoms with Gasteiger partial charge in [-0.1, -0.05) is 35.0 Å². The van der Waals surface area contributed by atoms with E-state index in [0.29, 0.717) is 13.0 Å². The van der Waals surface area contributed by atoms with Crippen LogP contribution in [0.3, 0.4) is 0 Å². The summed E-state index contributed by atoms with van der Waals surface area (Å²) in [6.45, 7) is 7.89.